The minimum atomic E-state index is 0.564. The molecule has 0 spiro atoms. The summed E-state index contributed by atoms with van der Waals surface area (Å²) in [7, 11) is 0. The SMILES string of the molecule is CC1CCC(Nc2nccc3ccccc23)C(C)C1. The molecule has 2 aromatic rings. The number of fused-ring (bicyclic) bond motifs is 1. The highest BCUT2D eigenvalue weighted by molar-refractivity contribution is 5.91. The number of hydrogen-bond donors (Lipinski definition) is 1. The second-order valence-corrected chi connectivity index (χ2v) is 6.03. The molecule has 19 heavy (non-hydrogen) atoms. The first-order valence-electron chi connectivity index (χ1n) is 7.34. The molecule has 0 aliphatic heterocycles. The predicted octanol–water partition coefficient (Wildman–Crippen LogP) is 4.47. The lowest BCUT2D eigenvalue weighted by Crippen LogP contribution is -2.33. The van der Waals surface area contributed by atoms with Crippen LogP contribution in [0.3, 0.4) is 0 Å². The third kappa shape index (κ3) is 2.58. The number of rotatable bonds is 2. The molecule has 2 nitrogen and oxygen atoms in total. The number of nitrogens with zero attached hydrogens (tertiary/aromatic N) is 1. The minimum absolute atomic E-state index is 0.564. The Morgan fingerprint density at radius 1 is 1.11 bits per heavy atom. The number of nitrogens with one attached hydrogen (secondary N) is 1. The van der Waals surface area contributed by atoms with Gasteiger partial charge in [0.05, 0.1) is 0 Å². The predicted molar refractivity (Wildman–Crippen MR) is 81.3 cm³/mol. The molecule has 3 rings (SSSR count). The molecular formula is C17H22N2. The van der Waals surface area contributed by atoms with E-state index in [1.54, 1.807) is 0 Å². The molecule has 1 aliphatic rings. The highest BCUT2D eigenvalue weighted by Gasteiger charge is 2.25. The van der Waals surface area contributed by atoms with Crippen LogP contribution in [0.2, 0.25) is 0 Å². The molecule has 0 saturated heterocycles. The summed E-state index contributed by atoms with van der Waals surface area (Å²) in [5.74, 6) is 2.64. The third-order valence-corrected chi connectivity index (χ3v) is 4.43. The van der Waals surface area contributed by atoms with E-state index in [0.717, 1.165) is 17.7 Å². The molecule has 1 heterocycles. The van der Waals surface area contributed by atoms with Crippen molar-refractivity contribution in [2.24, 2.45) is 11.8 Å². The molecule has 0 radical (unpaired) electrons. The average molecular weight is 254 g/mol. The summed E-state index contributed by atoms with van der Waals surface area (Å²) in [5, 5.41) is 6.18. The van der Waals surface area contributed by atoms with E-state index in [1.807, 2.05) is 6.20 Å². The fourth-order valence-electron chi connectivity index (χ4n) is 3.29. The summed E-state index contributed by atoms with van der Waals surface area (Å²) >= 11 is 0. The van der Waals surface area contributed by atoms with E-state index < -0.39 is 0 Å². The maximum absolute atomic E-state index is 4.54. The average Bonchev–Trinajstić information content (AvgIpc) is 2.42. The van der Waals surface area contributed by atoms with Crippen molar-refractivity contribution >= 4 is 16.6 Å². The van der Waals surface area contributed by atoms with Crippen molar-refractivity contribution in [3.8, 4) is 0 Å². The zero-order chi connectivity index (χ0) is 13.2. The highest BCUT2D eigenvalue weighted by Crippen LogP contribution is 2.31. The molecule has 1 saturated carbocycles. The molecule has 1 aromatic carbocycles. The van der Waals surface area contributed by atoms with E-state index >= 15 is 0 Å². The van der Waals surface area contributed by atoms with E-state index in [4.69, 9.17) is 0 Å². The van der Waals surface area contributed by atoms with Crippen LogP contribution in [-0.4, -0.2) is 11.0 Å². The fraction of sp³-hybridized carbons (Fsp3) is 0.471. The first-order chi connectivity index (χ1) is 9.24. The van der Waals surface area contributed by atoms with Crippen molar-refractivity contribution in [1.29, 1.82) is 0 Å². The van der Waals surface area contributed by atoms with E-state index in [2.05, 4.69) is 54.5 Å². The molecule has 3 unspecified atom stereocenters. The molecule has 1 N–H and O–H groups in total. The topological polar surface area (TPSA) is 24.9 Å². The zero-order valence-corrected chi connectivity index (χ0v) is 11.8. The summed E-state index contributed by atoms with van der Waals surface area (Å²) in [6.45, 7) is 4.72. The molecule has 2 heteroatoms. The van der Waals surface area contributed by atoms with E-state index in [-0.39, 0.29) is 0 Å². The van der Waals surface area contributed by atoms with Gasteiger partial charge < -0.3 is 5.32 Å². The molecule has 100 valence electrons. The van der Waals surface area contributed by atoms with Crippen LogP contribution in [0.5, 0.6) is 0 Å². The maximum atomic E-state index is 4.54. The van der Waals surface area contributed by atoms with Crippen LogP contribution in [0.1, 0.15) is 33.1 Å². The fourth-order valence-corrected chi connectivity index (χ4v) is 3.29. The Hall–Kier alpha value is -1.57. The van der Waals surface area contributed by atoms with Crippen molar-refractivity contribution < 1.29 is 0 Å². The maximum Gasteiger partial charge on any atom is 0.134 e. The first kappa shape index (κ1) is 12.5. The van der Waals surface area contributed by atoms with Crippen LogP contribution >= 0.6 is 0 Å². The number of benzene rings is 1. The quantitative estimate of drug-likeness (QED) is 0.855. The van der Waals surface area contributed by atoms with Crippen LogP contribution in [0, 0.1) is 11.8 Å². The molecule has 1 fully saturated rings. The second-order valence-electron chi connectivity index (χ2n) is 6.03. The van der Waals surface area contributed by atoms with Gasteiger partial charge in [-0.05, 0) is 42.6 Å². The lowest BCUT2D eigenvalue weighted by atomic mass is 9.80. The van der Waals surface area contributed by atoms with Crippen molar-refractivity contribution in [3.05, 3.63) is 36.5 Å². The van der Waals surface area contributed by atoms with Crippen LogP contribution in [0.25, 0.3) is 10.8 Å². The standard InChI is InChI=1S/C17H22N2/c1-12-7-8-16(13(2)11-12)19-17-15-6-4-3-5-14(15)9-10-18-17/h3-6,9-10,12-13,16H,7-8,11H2,1-2H3,(H,18,19). The van der Waals surface area contributed by atoms with Crippen LogP contribution in [0.4, 0.5) is 5.82 Å². The molecule has 1 aliphatic carbocycles. The second kappa shape index (κ2) is 5.20. The normalized spacial score (nSPS) is 27.4. The Labute approximate surface area is 115 Å². The Bertz CT molecular complexity index is 559. The van der Waals surface area contributed by atoms with Crippen molar-refractivity contribution in [2.45, 2.75) is 39.2 Å². The van der Waals surface area contributed by atoms with Gasteiger partial charge in [0.25, 0.3) is 0 Å². The van der Waals surface area contributed by atoms with Gasteiger partial charge in [-0.1, -0.05) is 38.1 Å². The summed E-state index contributed by atoms with van der Waals surface area (Å²) < 4.78 is 0. The van der Waals surface area contributed by atoms with Crippen LogP contribution < -0.4 is 5.32 Å². The van der Waals surface area contributed by atoms with Crippen LogP contribution in [-0.2, 0) is 0 Å². The smallest absolute Gasteiger partial charge is 0.134 e. The molecular weight excluding hydrogens is 232 g/mol. The molecule has 3 atom stereocenters. The van der Waals surface area contributed by atoms with Gasteiger partial charge in [0.1, 0.15) is 5.82 Å². The van der Waals surface area contributed by atoms with E-state index in [9.17, 15) is 0 Å². The van der Waals surface area contributed by atoms with Crippen molar-refractivity contribution in [3.63, 3.8) is 0 Å². The Balaban J connectivity index is 1.85. The largest absolute Gasteiger partial charge is 0.367 e. The molecule has 0 bridgehead atoms. The monoisotopic (exact) mass is 254 g/mol. The summed E-state index contributed by atoms with van der Waals surface area (Å²) in [5.41, 5.74) is 0. The van der Waals surface area contributed by atoms with Gasteiger partial charge in [0.2, 0.25) is 0 Å². The highest BCUT2D eigenvalue weighted by atomic mass is 15.0. The first-order valence-corrected chi connectivity index (χ1v) is 7.34. The van der Waals surface area contributed by atoms with Crippen LogP contribution in [0.15, 0.2) is 36.5 Å². The number of aromatic nitrogens is 1. The van der Waals surface area contributed by atoms with Crippen molar-refractivity contribution in [2.75, 3.05) is 5.32 Å². The van der Waals surface area contributed by atoms with E-state index in [1.165, 1.54) is 30.0 Å². The lowest BCUT2D eigenvalue weighted by molar-refractivity contribution is 0.276. The van der Waals surface area contributed by atoms with Gasteiger partial charge in [0, 0.05) is 17.6 Å². The number of anilines is 1. The van der Waals surface area contributed by atoms with Gasteiger partial charge in [-0.2, -0.15) is 0 Å². The molecule has 0 amide bonds. The Morgan fingerprint density at radius 3 is 2.79 bits per heavy atom. The van der Waals surface area contributed by atoms with Gasteiger partial charge >= 0.3 is 0 Å². The van der Waals surface area contributed by atoms with Gasteiger partial charge in [0.15, 0.2) is 0 Å². The summed E-state index contributed by atoms with van der Waals surface area (Å²) in [6, 6.07) is 11.1. The Kier molecular flexibility index (Phi) is 3.41. The van der Waals surface area contributed by atoms with Gasteiger partial charge in [-0.25, -0.2) is 4.98 Å². The summed E-state index contributed by atoms with van der Waals surface area (Å²) in [6.07, 6.45) is 5.81. The molecule has 1 aromatic heterocycles. The lowest BCUT2D eigenvalue weighted by Gasteiger charge is -2.33. The summed E-state index contributed by atoms with van der Waals surface area (Å²) in [4.78, 5) is 4.54. The van der Waals surface area contributed by atoms with Gasteiger partial charge in [-0.3, -0.25) is 0 Å². The zero-order valence-electron chi connectivity index (χ0n) is 11.8. The number of hydrogen-bond acceptors (Lipinski definition) is 2. The minimum Gasteiger partial charge on any atom is -0.367 e. The third-order valence-electron chi connectivity index (χ3n) is 4.43. The Morgan fingerprint density at radius 2 is 1.95 bits per heavy atom. The van der Waals surface area contributed by atoms with Gasteiger partial charge in [-0.15, -0.1) is 0 Å². The number of pyridine rings is 1. The van der Waals surface area contributed by atoms with Crippen molar-refractivity contribution in [1.82, 2.24) is 4.98 Å². The van der Waals surface area contributed by atoms with E-state index in [0.29, 0.717) is 6.04 Å².